The van der Waals surface area contributed by atoms with Crippen molar-refractivity contribution in [1.29, 1.82) is 0 Å². The maximum absolute atomic E-state index is 2.55. The Kier molecular flexibility index (Phi) is 5.94. The second-order valence-corrected chi connectivity index (χ2v) is 12.3. The van der Waals surface area contributed by atoms with Crippen molar-refractivity contribution >= 4 is 38.3 Å². The van der Waals surface area contributed by atoms with Gasteiger partial charge in [0.15, 0.2) is 0 Å². The lowest BCUT2D eigenvalue weighted by Gasteiger charge is -2.24. The van der Waals surface area contributed by atoms with Crippen LogP contribution in [0.2, 0.25) is 0 Å². The number of aryl methyl sites for hydroxylation is 1. The van der Waals surface area contributed by atoms with E-state index in [0.29, 0.717) is 5.92 Å². The first-order chi connectivity index (χ1) is 21.8. The first-order valence-corrected chi connectivity index (χ1v) is 16.0. The molecular weight excluding hydrogens is 532 g/mol. The molecule has 9 rings (SSSR count). The molecule has 0 fully saturated rings. The van der Waals surface area contributed by atoms with Gasteiger partial charge in [0.25, 0.3) is 0 Å². The largest absolute Gasteiger partial charge is 0.313 e. The lowest BCUT2D eigenvalue weighted by Crippen LogP contribution is -2.08. The molecule has 0 saturated heterocycles. The number of fused-ring (bicyclic) bond motifs is 6. The molecule has 1 atom stereocenters. The molecule has 2 nitrogen and oxygen atoms in total. The molecule has 0 spiro atoms. The molecular formula is C42H34N2. The Morgan fingerprint density at radius 1 is 0.545 bits per heavy atom. The highest BCUT2D eigenvalue weighted by molar-refractivity contribution is 6.09. The number of rotatable bonds is 4. The smallest absolute Gasteiger partial charge is 0.0541 e. The van der Waals surface area contributed by atoms with Crippen LogP contribution in [0.4, 0.5) is 0 Å². The average molecular weight is 567 g/mol. The van der Waals surface area contributed by atoms with Gasteiger partial charge in [0.05, 0.1) is 16.6 Å². The summed E-state index contributed by atoms with van der Waals surface area (Å²) in [6.07, 6.45) is 12.8. The minimum absolute atomic E-state index is 0.290. The summed E-state index contributed by atoms with van der Waals surface area (Å²) in [5.74, 6) is 0.290. The molecule has 212 valence electrons. The Labute approximate surface area is 258 Å². The lowest BCUT2D eigenvalue weighted by atomic mass is 9.81. The molecule has 2 aliphatic carbocycles. The van der Waals surface area contributed by atoms with Crippen LogP contribution in [0, 0.1) is 0 Å². The van der Waals surface area contributed by atoms with E-state index in [1.54, 1.807) is 5.56 Å². The SMILES string of the molecule is C1=CCC(c2cccc(-n3c4ccccc4c4ccccc43)c2)C(c2cccc(-n3c4c(c5ccccc53)CCCC4)c2)=C1. The summed E-state index contributed by atoms with van der Waals surface area (Å²) in [5.41, 5.74) is 13.4. The summed E-state index contributed by atoms with van der Waals surface area (Å²) in [6.45, 7) is 0. The molecule has 0 radical (unpaired) electrons. The lowest BCUT2D eigenvalue weighted by molar-refractivity contribution is 0.667. The van der Waals surface area contributed by atoms with Crippen molar-refractivity contribution in [2.45, 2.75) is 38.0 Å². The van der Waals surface area contributed by atoms with Crippen molar-refractivity contribution in [3.63, 3.8) is 0 Å². The van der Waals surface area contributed by atoms with Gasteiger partial charge in [-0.3, -0.25) is 0 Å². The topological polar surface area (TPSA) is 9.86 Å². The molecule has 2 heteroatoms. The third-order valence-electron chi connectivity index (χ3n) is 9.89. The van der Waals surface area contributed by atoms with Crippen LogP contribution in [0.3, 0.4) is 0 Å². The number of hydrogen-bond donors (Lipinski definition) is 0. The molecule has 1 unspecified atom stereocenters. The summed E-state index contributed by atoms with van der Waals surface area (Å²) in [4.78, 5) is 0. The third kappa shape index (κ3) is 3.94. The van der Waals surface area contributed by atoms with Crippen LogP contribution in [-0.2, 0) is 12.8 Å². The molecule has 5 aromatic carbocycles. The molecule has 44 heavy (non-hydrogen) atoms. The Bertz CT molecular complexity index is 2220. The quantitative estimate of drug-likeness (QED) is 0.201. The van der Waals surface area contributed by atoms with Gasteiger partial charge in [-0.15, -0.1) is 0 Å². The second-order valence-electron chi connectivity index (χ2n) is 12.3. The number of nitrogens with zero attached hydrogens (tertiary/aromatic N) is 2. The minimum atomic E-state index is 0.290. The van der Waals surface area contributed by atoms with Crippen LogP contribution in [0.1, 0.15) is 47.6 Å². The van der Waals surface area contributed by atoms with E-state index in [9.17, 15) is 0 Å². The van der Waals surface area contributed by atoms with E-state index < -0.39 is 0 Å². The minimum Gasteiger partial charge on any atom is -0.313 e. The van der Waals surface area contributed by atoms with E-state index in [1.165, 1.54) is 85.7 Å². The van der Waals surface area contributed by atoms with Crippen LogP contribution < -0.4 is 0 Å². The summed E-state index contributed by atoms with van der Waals surface area (Å²) in [6, 6.07) is 45.0. The standard InChI is InChI=1S/C42H34N2/c1-2-18-34(30-14-12-16-32(28-30)44-41-25-9-5-21-37(41)38-22-6-10-26-42(38)44)33(17-1)29-13-11-15-31(27-29)43-39-23-7-3-19-35(39)36-20-4-8-24-40(36)43/h1-5,7-9,11-16,18-21,23-25,27-28,33H,6,10,17,22,26H2. The van der Waals surface area contributed by atoms with Crippen molar-refractivity contribution in [2.24, 2.45) is 0 Å². The van der Waals surface area contributed by atoms with Gasteiger partial charge < -0.3 is 9.13 Å². The van der Waals surface area contributed by atoms with Gasteiger partial charge in [-0.1, -0.05) is 97.1 Å². The zero-order valence-electron chi connectivity index (χ0n) is 24.8. The monoisotopic (exact) mass is 566 g/mol. The molecule has 0 N–H and O–H groups in total. The van der Waals surface area contributed by atoms with Gasteiger partial charge in [-0.05, 0) is 96.8 Å². The highest BCUT2D eigenvalue weighted by Gasteiger charge is 2.23. The van der Waals surface area contributed by atoms with Gasteiger partial charge in [0, 0.05) is 39.1 Å². The average Bonchev–Trinajstić information content (AvgIpc) is 3.62. The number of hydrogen-bond acceptors (Lipinski definition) is 0. The maximum atomic E-state index is 2.55. The van der Waals surface area contributed by atoms with Gasteiger partial charge >= 0.3 is 0 Å². The van der Waals surface area contributed by atoms with Crippen molar-refractivity contribution < 1.29 is 0 Å². The molecule has 2 heterocycles. The highest BCUT2D eigenvalue weighted by Crippen LogP contribution is 2.41. The first kappa shape index (κ1) is 25.4. The van der Waals surface area contributed by atoms with Crippen LogP contribution in [0.5, 0.6) is 0 Å². The van der Waals surface area contributed by atoms with Crippen molar-refractivity contribution in [3.05, 3.63) is 162 Å². The van der Waals surface area contributed by atoms with Crippen molar-refractivity contribution in [1.82, 2.24) is 9.13 Å². The molecule has 0 saturated carbocycles. The van der Waals surface area contributed by atoms with Gasteiger partial charge in [-0.2, -0.15) is 0 Å². The zero-order chi connectivity index (χ0) is 29.0. The summed E-state index contributed by atoms with van der Waals surface area (Å²) < 4.78 is 4.97. The molecule has 0 amide bonds. The molecule has 7 aromatic rings. The zero-order valence-corrected chi connectivity index (χ0v) is 24.8. The first-order valence-electron chi connectivity index (χ1n) is 16.0. The summed E-state index contributed by atoms with van der Waals surface area (Å²) in [7, 11) is 0. The van der Waals surface area contributed by atoms with E-state index in [1.807, 2.05) is 0 Å². The van der Waals surface area contributed by atoms with Crippen LogP contribution in [0.15, 0.2) is 140 Å². The van der Waals surface area contributed by atoms with E-state index in [-0.39, 0.29) is 0 Å². The van der Waals surface area contributed by atoms with Gasteiger partial charge in [0.1, 0.15) is 0 Å². The Hall–Kier alpha value is -5.08. The molecule has 0 bridgehead atoms. The third-order valence-corrected chi connectivity index (χ3v) is 9.89. The van der Waals surface area contributed by atoms with Gasteiger partial charge in [0.2, 0.25) is 0 Å². The normalized spacial score (nSPS) is 16.5. The van der Waals surface area contributed by atoms with Crippen LogP contribution >= 0.6 is 0 Å². The number of allylic oxidation sites excluding steroid dienone is 4. The Balaban J connectivity index is 1.15. The van der Waals surface area contributed by atoms with E-state index >= 15 is 0 Å². The highest BCUT2D eigenvalue weighted by atomic mass is 15.0. The fraction of sp³-hybridized carbons (Fsp3) is 0.143. The van der Waals surface area contributed by atoms with Gasteiger partial charge in [-0.25, -0.2) is 0 Å². The fourth-order valence-electron chi connectivity index (χ4n) is 7.94. The van der Waals surface area contributed by atoms with E-state index in [4.69, 9.17) is 0 Å². The predicted molar refractivity (Wildman–Crippen MR) is 185 cm³/mol. The predicted octanol–water partition coefficient (Wildman–Crippen LogP) is 10.7. The second kappa shape index (κ2) is 10.3. The van der Waals surface area contributed by atoms with Crippen LogP contribution in [-0.4, -0.2) is 9.13 Å². The number of aromatic nitrogens is 2. The van der Waals surface area contributed by atoms with E-state index in [0.717, 1.165) is 12.8 Å². The van der Waals surface area contributed by atoms with E-state index in [2.05, 4.69) is 149 Å². The fourth-order valence-corrected chi connectivity index (χ4v) is 7.94. The van der Waals surface area contributed by atoms with Crippen molar-refractivity contribution in [3.8, 4) is 11.4 Å². The molecule has 2 aromatic heterocycles. The summed E-state index contributed by atoms with van der Waals surface area (Å²) in [5, 5.41) is 4.02. The Morgan fingerprint density at radius 3 is 1.95 bits per heavy atom. The number of benzene rings is 5. The molecule has 2 aliphatic rings. The summed E-state index contributed by atoms with van der Waals surface area (Å²) >= 11 is 0. The Morgan fingerprint density at radius 2 is 1.18 bits per heavy atom. The number of para-hydroxylation sites is 3. The van der Waals surface area contributed by atoms with Crippen LogP contribution in [0.25, 0.3) is 49.7 Å². The van der Waals surface area contributed by atoms with Crippen molar-refractivity contribution in [2.75, 3.05) is 0 Å². The molecule has 0 aliphatic heterocycles. The maximum Gasteiger partial charge on any atom is 0.0541 e.